The monoisotopic (exact) mass is 260 g/mol. The first-order chi connectivity index (χ1) is 8.31. The average Bonchev–Trinajstić information content (AvgIpc) is 2.38. The second-order valence-corrected chi connectivity index (χ2v) is 4.72. The Morgan fingerprint density at radius 2 is 1.53 bits per heavy atom. The van der Waals surface area contributed by atoms with Crippen LogP contribution in [0.15, 0.2) is 48.5 Å². The molecule has 2 heteroatoms. The summed E-state index contributed by atoms with van der Waals surface area (Å²) in [5.74, 6) is 0.435. The molecule has 0 unspecified atom stereocenters. The summed E-state index contributed by atoms with van der Waals surface area (Å²) in [5.41, 5.74) is 1.02. The third-order valence-electron chi connectivity index (χ3n) is 3.09. The predicted molar refractivity (Wildman–Crippen MR) is 76.0 cm³/mol. The molecule has 0 atom stereocenters. The van der Waals surface area contributed by atoms with E-state index in [1.165, 1.54) is 21.5 Å². The number of fused-ring (bicyclic) bond motifs is 3. The second kappa shape index (κ2) is 4.21. The Hall–Kier alpha value is -1.24. The highest BCUT2D eigenvalue weighted by Crippen LogP contribution is 2.33. The maximum Gasteiger partial charge on any atom is 0.0495 e. The minimum absolute atomic E-state index is 0.435. The number of hydrogen-bond donors (Lipinski definition) is 0. The van der Waals surface area contributed by atoms with E-state index < -0.39 is 0 Å². The molecule has 0 radical (unpaired) electrons. The van der Waals surface area contributed by atoms with Crippen molar-refractivity contribution in [3.05, 3.63) is 59.1 Å². The predicted octanol–water partition coefficient (Wildman–Crippen LogP) is 5.39. The van der Waals surface area contributed by atoms with Crippen molar-refractivity contribution in [1.82, 2.24) is 0 Å². The van der Waals surface area contributed by atoms with E-state index in [2.05, 4.69) is 24.3 Å². The largest absolute Gasteiger partial charge is 0.121 e. The molecular formula is C15H10Cl2. The minimum Gasteiger partial charge on any atom is -0.121 e. The van der Waals surface area contributed by atoms with Gasteiger partial charge in [0.1, 0.15) is 0 Å². The number of benzene rings is 3. The van der Waals surface area contributed by atoms with Gasteiger partial charge in [-0.25, -0.2) is 0 Å². The molecule has 0 aliphatic heterocycles. The highest BCUT2D eigenvalue weighted by Gasteiger charge is 2.08. The molecule has 0 N–H and O–H groups in total. The summed E-state index contributed by atoms with van der Waals surface area (Å²) in [6.07, 6.45) is 0. The SMILES string of the molecule is ClCc1c(Cl)ccc2ccc3ccccc3c12. The van der Waals surface area contributed by atoms with E-state index in [1.807, 2.05) is 24.3 Å². The first-order valence-electron chi connectivity index (χ1n) is 5.46. The molecule has 0 spiro atoms. The molecule has 17 heavy (non-hydrogen) atoms. The lowest BCUT2D eigenvalue weighted by Gasteiger charge is -2.09. The zero-order valence-corrected chi connectivity index (χ0v) is 10.6. The van der Waals surface area contributed by atoms with Crippen LogP contribution in [-0.2, 0) is 5.88 Å². The molecule has 3 aromatic rings. The molecule has 0 aliphatic rings. The van der Waals surface area contributed by atoms with Crippen molar-refractivity contribution in [3.8, 4) is 0 Å². The molecule has 3 aromatic carbocycles. The van der Waals surface area contributed by atoms with Crippen molar-refractivity contribution >= 4 is 44.7 Å². The number of rotatable bonds is 1. The smallest absolute Gasteiger partial charge is 0.0495 e. The van der Waals surface area contributed by atoms with E-state index in [-0.39, 0.29) is 0 Å². The summed E-state index contributed by atoms with van der Waals surface area (Å²) < 4.78 is 0. The van der Waals surface area contributed by atoms with Gasteiger partial charge in [0.2, 0.25) is 0 Å². The van der Waals surface area contributed by atoms with Crippen LogP contribution in [0.25, 0.3) is 21.5 Å². The van der Waals surface area contributed by atoms with E-state index in [0.29, 0.717) is 5.88 Å². The number of hydrogen-bond acceptors (Lipinski definition) is 0. The van der Waals surface area contributed by atoms with Crippen molar-refractivity contribution in [1.29, 1.82) is 0 Å². The lowest BCUT2D eigenvalue weighted by molar-refractivity contribution is 1.46. The Bertz CT molecular complexity index is 702. The van der Waals surface area contributed by atoms with Crippen molar-refractivity contribution in [2.45, 2.75) is 5.88 Å². The third kappa shape index (κ3) is 1.69. The zero-order chi connectivity index (χ0) is 11.8. The highest BCUT2D eigenvalue weighted by molar-refractivity contribution is 6.34. The first kappa shape index (κ1) is 10.9. The lowest BCUT2D eigenvalue weighted by Crippen LogP contribution is -1.86. The molecule has 0 saturated heterocycles. The second-order valence-electron chi connectivity index (χ2n) is 4.04. The number of halogens is 2. The van der Waals surface area contributed by atoms with E-state index in [0.717, 1.165) is 10.6 Å². The van der Waals surface area contributed by atoms with Gasteiger partial charge < -0.3 is 0 Å². The van der Waals surface area contributed by atoms with Gasteiger partial charge in [-0.2, -0.15) is 0 Å². The maximum atomic E-state index is 6.22. The van der Waals surface area contributed by atoms with Crippen LogP contribution in [0, 0.1) is 0 Å². The zero-order valence-electron chi connectivity index (χ0n) is 9.08. The van der Waals surface area contributed by atoms with Crippen LogP contribution in [0.1, 0.15) is 5.56 Å². The van der Waals surface area contributed by atoms with Crippen molar-refractivity contribution in [3.63, 3.8) is 0 Å². The van der Waals surface area contributed by atoms with Crippen LogP contribution < -0.4 is 0 Å². The fourth-order valence-corrected chi connectivity index (χ4v) is 2.85. The quantitative estimate of drug-likeness (QED) is 0.407. The molecule has 0 nitrogen and oxygen atoms in total. The first-order valence-corrected chi connectivity index (χ1v) is 6.37. The van der Waals surface area contributed by atoms with E-state index >= 15 is 0 Å². The fourth-order valence-electron chi connectivity index (χ4n) is 2.28. The third-order valence-corrected chi connectivity index (χ3v) is 3.72. The van der Waals surface area contributed by atoms with Gasteiger partial charge in [0.15, 0.2) is 0 Å². The van der Waals surface area contributed by atoms with Crippen LogP contribution in [0.3, 0.4) is 0 Å². The van der Waals surface area contributed by atoms with Gasteiger partial charge in [-0.3, -0.25) is 0 Å². The molecular weight excluding hydrogens is 251 g/mol. The van der Waals surface area contributed by atoms with E-state index in [4.69, 9.17) is 23.2 Å². The summed E-state index contributed by atoms with van der Waals surface area (Å²) in [5, 5.41) is 5.52. The van der Waals surface area contributed by atoms with Crippen molar-refractivity contribution in [2.75, 3.05) is 0 Å². The lowest BCUT2D eigenvalue weighted by atomic mass is 9.98. The van der Waals surface area contributed by atoms with Crippen LogP contribution in [0.4, 0.5) is 0 Å². The Morgan fingerprint density at radius 1 is 0.824 bits per heavy atom. The van der Waals surface area contributed by atoms with Gasteiger partial charge in [0.25, 0.3) is 0 Å². The Morgan fingerprint density at radius 3 is 2.35 bits per heavy atom. The summed E-state index contributed by atoms with van der Waals surface area (Å²) in [4.78, 5) is 0. The van der Waals surface area contributed by atoms with Gasteiger partial charge in [0.05, 0.1) is 0 Å². The van der Waals surface area contributed by atoms with Gasteiger partial charge >= 0.3 is 0 Å². The van der Waals surface area contributed by atoms with Gasteiger partial charge in [-0.15, -0.1) is 11.6 Å². The molecule has 0 aliphatic carbocycles. The molecule has 0 saturated carbocycles. The van der Waals surface area contributed by atoms with Gasteiger partial charge in [0, 0.05) is 10.9 Å². The Kier molecular flexibility index (Phi) is 2.70. The van der Waals surface area contributed by atoms with Crippen LogP contribution in [-0.4, -0.2) is 0 Å². The molecule has 0 fully saturated rings. The summed E-state index contributed by atoms with van der Waals surface area (Å²) in [6, 6.07) is 16.5. The molecule has 0 bridgehead atoms. The summed E-state index contributed by atoms with van der Waals surface area (Å²) in [7, 11) is 0. The van der Waals surface area contributed by atoms with E-state index in [1.54, 1.807) is 0 Å². The van der Waals surface area contributed by atoms with Gasteiger partial charge in [-0.05, 0) is 33.2 Å². The Labute approximate surface area is 110 Å². The van der Waals surface area contributed by atoms with Crippen LogP contribution in [0.5, 0.6) is 0 Å². The minimum atomic E-state index is 0.435. The molecule has 3 rings (SSSR count). The van der Waals surface area contributed by atoms with Gasteiger partial charge in [-0.1, -0.05) is 54.1 Å². The molecule has 0 amide bonds. The fraction of sp³-hybridized carbons (Fsp3) is 0.0667. The van der Waals surface area contributed by atoms with Crippen molar-refractivity contribution < 1.29 is 0 Å². The highest BCUT2D eigenvalue weighted by atomic mass is 35.5. The van der Waals surface area contributed by atoms with Crippen LogP contribution in [0.2, 0.25) is 5.02 Å². The van der Waals surface area contributed by atoms with Crippen LogP contribution >= 0.6 is 23.2 Å². The Balaban J connectivity index is 2.59. The maximum absolute atomic E-state index is 6.22. The summed E-state index contributed by atoms with van der Waals surface area (Å²) in [6.45, 7) is 0. The normalized spacial score (nSPS) is 11.2. The summed E-state index contributed by atoms with van der Waals surface area (Å²) >= 11 is 12.2. The van der Waals surface area contributed by atoms with Crippen molar-refractivity contribution in [2.24, 2.45) is 0 Å². The average molecular weight is 261 g/mol. The number of alkyl halides is 1. The molecule has 84 valence electrons. The molecule has 0 heterocycles. The molecule has 0 aromatic heterocycles. The van der Waals surface area contributed by atoms with E-state index in [9.17, 15) is 0 Å². The topological polar surface area (TPSA) is 0 Å². The standard InChI is InChI=1S/C15H10Cl2/c16-9-13-14(17)8-7-11-6-5-10-3-1-2-4-12(10)15(11)13/h1-8H,9H2.